The van der Waals surface area contributed by atoms with Gasteiger partial charge in [0.1, 0.15) is 5.54 Å². The Hall–Kier alpha value is -1.96. The molecule has 2 saturated heterocycles. The van der Waals surface area contributed by atoms with Gasteiger partial charge in [-0.2, -0.15) is 0 Å². The number of esters is 2. The summed E-state index contributed by atoms with van der Waals surface area (Å²) in [5.74, 6) is -3.89. The van der Waals surface area contributed by atoms with Gasteiger partial charge in [0.2, 0.25) is 11.8 Å². The van der Waals surface area contributed by atoms with Gasteiger partial charge in [-0.1, -0.05) is 20.8 Å². The first-order chi connectivity index (χ1) is 11.5. The van der Waals surface area contributed by atoms with Gasteiger partial charge in [0.15, 0.2) is 0 Å². The van der Waals surface area contributed by atoms with E-state index in [4.69, 9.17) is 9.47 Å². The number of hydrogen-bond acceptors (Lipinski definition) is 7. The van der Waals surface area contributed by atoms with Gasteiger partial charge >= 0.3 is 11.9 Å². The molecular formula is C17H26N2O6. The van der Waals surface area contributed by atoms with Crippen LogP contribution in [0, 0.1) is 17.3 Å². The number of methoxy groups -OCH3 is 2. The van der Waals surface area contributed by atoms with E-state index in [9.17, 15) is 19.2 Å². The first-order valence-corrected chi connectivity index (χ1v) is 8.23. The molecule has 2 aliphatic rings. The Morgan fingerprint density at radius 3 is 2.24 bits per heavy atom. The number of nitrogens with zero attached hydrogens (tertiary/aromatic N) is 1. The largest absolute Gasteiger partial charge is 0.469 e. The minimum Gasteiger partial charge on any atom is -0.469 e. The Morgan fingerprint density at radius 2 is 1.76 bits per heavy atom. The lowest BCUT2D eigenvalue weighted by Crippen LogP contribution is -2.58. The lowest BCUT2D eigenvalue weighted by molar-refractivity contribution is -0.159. The van der Waals surface area contributed by atoms with Gasteiger partial charge in [-0.15, -0.1) is 0 Å². The third-order valence-electron chi connectivity index (χ3n) is 5.01. The summed E-state index contributed by atoms with van der Waals surface area (Å²) in [6.45, 7) is 6.02. The minimum atomic E-state index is -1.60. The van der Waals surface area contributed by atoms with Gasteiger partial charge in [-0.3, -0.25) is 29.4 Å². The van der Waals surface area contributed by atoms with Crippen molar-refractivity contribution in [2.75, 3.05) is 21.3 Å². The lowest BCUT2D eigenvalue weighted by atomic mass is 9.76. The van der Waals surface area contributed by atoms with Crippen LogP contribution in [0.15, 0.2) is 0 Å². The highest BCUT2D eigenvalue weighted by molar-refractivity contribution is 6.10. The molecule has 8 nitrogen and oxygen atoms in total. The van der Waals surface area contributed by atoms with E-state index >= 15 is 0 Å². The highest BCUT2D eigenvalue weighted by atomic mass is 16.5. The van der Waals surface area contributed by atoms with E-state index in [1.54, 1.807) is 0 Å². The van der Waals surface area contributed by atoms with Gasteiger partial charge < -0.3 is 9.47 Å². The highest BCUT2D eigenvalue weighted by Gasteiger charge is 2.68. The number of ether oxygens (including phenoxy) is 2. The first-order valence-electron chi connectivity index (χ1n) is 8.23. The van der Waals surface area contributed by atoms with Crippen molar-refractivity contribution >= 4 is 23.8 Å². The second-order valence-electron chi connectivity index (χ2n) is 7.97. The number of rotatable bonds is 4. The van der Waals surface area contributed by atoms with E-state index in [0.717, 1.165) is 4.90 Å². The molecule has 140 valence electrons. The molecule has 0 aromatic heterocycles. The van der Waals surface area contributed by atoms with E-state index in [2.05, 4.69) is 5.32 Å². The number of amides is 2. The molecule has 2 rings (SSSR count). The molecule has 2 amide bonds. The molecule has 2 aliphatic heterocycles. The van der Waals surface area contributed by atoms with E-state index < -0.39 is 41.3 Å². The fraction of sp³-hybridized carbons (Fsp3) is 0.765. The second kappa shape index (κ2) is 6.40. The molecule has 0 aliphatic carbocycles. The summed E-state index contributed by atoms with van der Waals surface area (Å²) >= 11 is 0. The van der Waals surface area contributed by atoms with Crippen molar-refractivity contribution < 1.29 is 28.7 Å². The summed E-state index contributed by atoms with van der Waals surface area (Å²) in [6.07, 6.45) is 0.186. The normalized spacial score (nSPS) is 31.9. The Morgan fingerprint density at radius 1 is 1.16 bits per heavy atom. The third-order valence-corrected chi connectivity index (χ3v) is 5.01. The van der Waals surface area contributed by atoms with Crippen molar-refractivity contribution in [1.82, 2.24) is 10.2 Å². The van der Waals surface area contributed by atoms with Gasteiger partial charge in [0, 0.05) is 13.1 Å². The Labute approximate surface area is 147 Å². The van der Waals surface area contributed by atoms with Crippen molar-refractivity contribution in [3.8, 4) is 0 Å². The summed E-state index contributed by atoms with van der Waals surface area (Å²) < 4.78 is 9.61. The number of fused-ring (bicyclic) bond motifs is 1. The molecule has 4 atom stereocenters. The van der Waals surface area contributed by atoms with Crippen LogP contribution in [-0.2, 0) is 28.7 Å². The maximum Gasteiger partial charge on any atom is 0.327 e. The van der Waals surface area contributed by atoms with Crippen LogP contribution in [0.4, 0.5) is 0 Å². The molecule has 25 heavy (non-hydrogen) atoms. The van der Waals surface area contributed by atoms with E-state index in [-0.39, 0.29) is 17.7 Å². The van der Waals surface area contributed by atoms with Crippen molar-refractivity contribution in [3.63, 3.8) is 0 Å². The number of imide groups is 1. The number of likely N-dealkylation sites (tertiary alicyclic amines) is 1. The van der Waals surface area contributed by atoms with Crippen LogP contribution in [0.2, 0.25) is 0 Å². The van der Waals surface area contributed by atoms with E-state index in [1.165, 1.54) is 21.3 Å². The molecule has 2 fully saturated rings. The molecule has 0 radical (unpaired) electrons. The Bertz CT molecular complexity index is 611. The quantitative estimate of drug-likeness (QED) is 0.564. The fourth-order valence-corrected chi connectivity index (χ4v) is 4.01. The monoisotopic (exact) mass is 354 g/mol. The van der Waals surface area contributed by atoms with Gasteiger partial charge in [0.05, 0.1) is 32.5 Å². The maximum atomic E-state index is 12.7. The van der Waals surface area contributed by atoms with Crippen molar-refractivity contribution in [3.05, 3.63) is 0 Å². The molecule has 0 bridgehead atoms. The molecule has 1 N–H and O–H groups in total. The average Bonchev–Trinajstić information content (AvgIpc) is 2.95. The maximum absolute atomic E-state index is 12.7. The van der Waals surface area contributed by atoms with Crippen LogP contribution in [0.25, 0.3) is 0 Å². The van der Waals surface area contributed by atoms with Crippen LogP contribution in [0.1, 0.15) is 33.6 Å². The Kier molecular flexibility index (Phi) is 4.96. The van der Waals surface area contributed by atoms with Gasteiger partial charge in [-0.05, 0) is 11.8 Å². The summed E-state index contributed by atoms with van der Waals surface area (Å²) in [7, 11) is 3.80. The molecule has 0 unspecified atom stereocenters. The SMILES string of the molecule is COC(=O)C[C@@]1(C(=O)OC)N[C@H](CC(C)(C)C)[C@@H]2C(=O)N(C)C(=O)[C@@H]21. The molecule has 0 aromatic rings. The number of hydrogen-bond donors (Lipinski definition) is 1. The topological polar surface area (TPSA) is 102 Å². The summed E-state index contributed by atoms with van der Waals surface area (Å²) in [6, 6.07) is -0.421. The first kappa shape index (κ1) is 19.4. The van der Waals surface area contributed by atoms with Crippen LogP contribution >= 0.6 is 0 Å². The van der Waals surface area contributed by atoms with E-state index in [0.29, 0.717) is 6.42 Å². The second-order valence-corrected chi connectivity index (χ2v) is 7.97. The molecule has 8 heteroatoms. The standard InChI is InChI=1S/C17H26N2O6/c1-16(2,3)7-9-11-12(14(22)19(4)13(11)21)17(18-9,15(23)25-6)8-10(20)24-5/h9,11-12,18H,7-8H2,1-6H3/t9-,11+,12-,17-/m1/s1. The lowest BCUT2D eigenvalue weighted by Gasteiger charge is -2.32. The van der Waals surface area contributed by atoms with Gasteiger partial charge in [-0.25, -0.2) is 0 Å². The number of nitrogens with one attached hydrogen (secondary N) is 1. The fourth-order valence-electron chi connectivity index (χ4n) is 4.01. The predicted molar refractivity (Wildman–Crippen MR) is 87.1 cm³/mol. The number of carbonyl (C=O) groups excluding carboxylic acids is 4. The Balaban J connectivity index is 2.54. The summed E-state index contributed by atoms with van der Waals surface area (Å²) in [5, 5.41) is 3.12. The molecule has 2 heterocycles. The third kappa shape index (κ3) is 3.15. The molecular weight excluding hydrogens is 328 g/mol. The smallest absolute Gasteiger partial charge is 0.327 e. The van der Waals surface area contributed by atoms with Crippen LogP contribution in [0.3, 0.4) is 0 Å². The summed E-state index contributed by atoms with van der Waals surface area (Å²) in [5.41, 5.74) is -1.75. The van der Waals surface area contributed by atoms with Crippen LogP contribution in [0.5, 0.6) is 0 Å². The van der Waals surface area contributed by atoms with Crippen molar-refractivity contribution in [2.24, 2.45) is 17.3 Å². The summed E-state index contributed by atoms with van der Waals surface area (Å²) in [4.78, 5) is 51.0. The van der Waals surface area contributed by atoms with Crippen LogP contribution in [-0.4, -0.2) is 61.5 Å². The molecule has 0 saturated carbocycles. The van der Waals surface area contributed by atoms with Crippen LogP contribution < -0.4 is 5.32 Å². The molecule has 0 aromatic carbocycles. The van der Waals surface area contributed by atoms with Crippen molar-refractivity contribution in [2.45, 2.75) is 45.2 Å². The highest BCUT2D eigenvalue weighted by Crippen LogP contribution is 2.47. The number of carbonyl (C=O) groups is 4. The molecule has 0 spiro atoms. The zero-order valence-corrected chi connectivity index (χ0v) is 15.5. The van der Waals surface area contributed by atoms with Crippen molar-refractivity contribution in [1.29, 1.82) is 0 Å². The van der Waals surface area contributed by atoms with E-state index in [1.807, 2.05) is 20.8 Å². The predicted octanol–water partition coefficient (Wildman–Crippen LogP) is 0.100. The zero-order chi connectivity index (χ0) is 19.2. The van der Waals surface area contributed by atoms with Gasteiger partial charge in [0.25, 0.3) is 0 Å². The average molecular weight is 354 g/mol. The minimum absolute atomic E-state index is 0.149. The zero-order valence-electron chi connectivity index (χ0n) is 15.5.